The molecule has 0 aromatic heterocycles. The van der Waals surface area contributed by atoms with Crippen molar-refractivity contribution < 1.29 is 4.79 Å². The zero-order valence-corrected chi connectivity index (χ0v) is 11.3. The first-order valence-electron chi connectivity index (χ1n) is 6.07. The van der Waals surface area contributed by atoms with Gasteiger partial charge in [0.15, 0.2) is 0 Å². The molecule has 0 aliphatic heterocycles. The van der Waals surface area contributed by atoms with E-state index in [-0.39, 0.29) is 22.3 Å². The second kappa shape index (κ2) is 3.90. The van der Waals surface area contributed by atoms with Gasteiger partial charge in [0.1, 0.15) is 0 Å². The van der Waals surface area contributed by atoms with Gasteiger partial charge in [0.25, 0.3) is 0 Å². The molecule has 92 valence electrons. The normalized spacial score (nSPS) is 34.8. The van der Waals surface area contributed by atoms with Crippen LogP contribution in [0.4, 0.5) is 0 Å². The third kappa shape index (κ3) is 2.31. The van der Waals surface area contributed by atoms with Gasteiger partial charge in [-0.15, -0.1) is 6.58 Å². The second-order valence-electron chi connectivity index (χ2n) is 6.55. The number of carbonyl (C=O) groups is 1. The van der Waals surface area contributed by atoms with Crippen LogP contribution in [0.25, 0.3) is 0 Å². The van der Waals surface area contributed by atoms with Crippen molar-refractivity contribution in [2.24, 2.45) is 10.8 Å². The van der Waals surface area contributed by atoms with Gasteiger partial charge >= 0.3 is 0 Å². The van der Waals surface area contributed by atoms with E-state index < -0.39 is 0 Å². The van der Waals surface area contributed by atoms with Crippen LogP contribution in [0.1, 0.15) is 53.9 Å². The van der Waals surface area contributed by atoms with Crippen LogP contribution < -0.4 is 5.32 Å². The minimum absolute atomic E-state index is 0.0724. The van der Waals surface area contributed by atoms with Crippen LogP contribution in [0.5, 0.6) is 0 Å². The highest BCUT2D eigenvalue weighted by atomic mass is 16.1. The Morgan fingerprint density at radius 3 is 2.25 bits per heavy atom. The number of carbonyl (C=O) groups excluding carboxylic acids is 1. The molecular weight excluding hydrogens is 198 g/mol. The summed E-state index contributed by atoms with van der Waals surface area (Å²) < 4.78 is 0. The van der Waals surface area contributed by atoms with Crippen molar-refractivity contribution in [1.82, 2.24) is 5.32 Å². The summed E-state index contributed by atoms with van der Waals surface area (Å²) in [5, 5.41) is 3.20. The molecule has 2 atom stereocenters. The molecule has 0 aromatic carbocycles. The topological polar surface area (TPSA) is 29.1 Å². The molecule has 0 bridgehead atoms. The number of amides is 1. The van der Waals surface area contributed by atoms with Gasteiger partial charge in [-0.1, -0.05) is 33.8 Å². The molecule has 0 saturated heterocycles. The highest BCUT2D eigenvalue weighted by Gasteiger charge is 2.51. The third-order valence-corrected chi connectivity index (χ3v) is 4.17. The molecule has 1 saturated carbocycles. The summed E-state index contributed by atoms with van der Waals surface area (Å²) in [5.41, 5.74) is 0.164. The summed E-state index contributed by atoms with van der Waals surface area (Å²) in [6.45, 7) is 14.4. The van der Waals surface area contributed by atoms with E-state index >= 15 is 0 Å². The van der Waals surface area contributed by atoms with Gasteiger partial charge in [0.05, 0.1) is 0 Å². The van der Waals surface area contributed by atoms with Crippen LogP contribution >= 0.6 is 0 Å². The molecule has 1 N–H and O–H groups in total. The highest BCUT2D eigenvalue weighted by molar-refractivity contribution is 5.74. The summed E-state index contributed by atoms with van der Waals surface area (Å²) in [6, 6.07) is 0. The standard InChI is InChI=1S/C14H25NO/c1-7-13(6)8-9-14(10-13,12(3,4)5)15-11(2)16/h7H,1,8-10H2,2-6H3,(H,15,16). The van der Waals surface area contributed by atoms with Crippen molar-refractivity contribution in [3.8, 4) is 0 Å². The van der Waals surface area contributed by atoms with E-state index in [1.807, 2.05) is 6.08 Å². The lowest BCUT2D eigenvalue weighted by Crippen LogP contribution is -2.55. The van der Waals surface area contributed by atoms with E-state index in [0.29, 0.717) is 0 Å². The minimum atomic E-state index is -0.0816. The zero-order chi connectivity index (χ0) is 12.6. The largest absolute Gasteiger partial charge is 0.350 e. The number of hydrogen-bond donors (Lipinski definition) is 1. The first-order chi connectivity index (χ1) is 7.14. The van der Waals surface area contributed by atoms with E-state index in [2.05, 4.69) is 39.6 Å². The number of allylic oxidation sites excluding steroid dienone is 1. The smallest absolute Gasteiger partial charge is 0.217 e. The van der Waals surface area contributed by atoms with Gasteiger partial charge < -0.3 is 5.32 Å². The lowest BCUT2D eigenvalue weighted by Gasteiger charge is -2.43. The average molecular weight is 223 g/mol. The lowest BCUT2D eigenvalue weighted by molar-refractivity contribution is -0.122. The summed E-state index contributed by atoms with van der Waals surface area (Å²) in [7, 11) is 0. The minimum Gasteiger partial charge on any atom is -0.350 e. The molecule has 2 heteroatoms. The third-order valence-electron chi connectivity index (χ3n) is 4.17. The van der Waals surface area contributed by atoms with Gasteiger partial charge in [-0.05, 0) is 30.1 Å². The molecule has 1 aliphatic rings. The molecule has 2 unspecified atom stereocenters. The van der Waals surface area contributed by atoms with Crippen molar-refractivity contribution in [3.63, 3.8) is 0 Å². The van der Waals surface area contributed by atoms with Crippen LogP contribution in [0.2, 0.25) is 0 Å². The Labute approximate surface area is 99.5 Å². The zero-order valence-electron chi connectivity index (χ0n) is 11.3. The predicted molar refractivity (Wildman–Crippen MR) is 68.2 cm³/mol. The van der Waals surface area contributed by atoms with Gasteiger partial charge in [0.2, 0.25) is 5.91 Å². The molecule has 1 amide bonds. The maximum absolute atomic E-state index is 11.4. The Hall–Kier alpha value is -0.790. The Balaban J connectivity index is 3.01. The maximum atomic E-state index is 11.4. The van der Waals surface area contributed by atoms with Crippen LogP contribution in [-0.4, -0.2) is 11.4 Å². The van der Waals surface area contributed by atoms with E-state index in [4.69, 9.17) is 0 Å². The SMILES string of the molecule is C=CC1(C)CCC(NC(C)=O)(C(C)(C)C)C1. The Morgan fingerprint density at radius 2 is 1.94 bits per heavy atom. The Bertz CT molecular complexity index is 302. The molecule has 0 aromatic rings. The van der Waals surface area contributed by atoms with Gasteiger partial charge in [-0.2, -0.15) is 0 Å². The summed E-state index contributed by atoms with van der Waals surface area (Å²) in [4.78, 5) is 11.4. The Morgan fingerprint density at radius 1 is 1.38 bits per heavy atom. The summed E-state index contributed by atoms with van der Waals surface area (Å²) in [5.74, 6) is 0.0724. The van der Waals surface area contributed by atoms with E-state index in [9.17, 15) is 4.79 Å². The van der Waals surface area contributed by atoms with Crippen molar-refractivity contribution in [2.75, 3.05) is 0 Å². The van der Waals surface area contributed by atoms with E-state index in [1.54, 1.807) is 6.92 Å². The average Bonchev–Trinajstić information content (AvgIpc) is 2.44. The monoisotopic (exact) mass is 223 g/mol. The van der Waals surface area contributed by atoms with Gasteiger partial charge in [0, 0.05) is 12.5 Å². The van der Waals surface area contributed by atoms with Gasteiger partial charge in [-0.3, -0.25) is 4.79 Å². The molecular formula is C14H25NO. The second-order valence-corrected chi connectivity index (χ2v) is 6.55. The molecule has 16 heavy (non-hydrogen) atoms. The first kappa shape index (κ1) is 13.3. The lowest BCUT2D eigenvalue weighted by atomic mass is 9.70. The summed E-state index contributed by atoms with van der Waals surface area (Å²) in [6.07, 6.45) is 5.18. The molecule has 2 nitrogen and oxygen atoms in total. The fourth-order valence-corrected chi connectivity index (χ4v) is 2.81. The fraction of sp³-hybridized carbons (Fsp3) is 0.786. The van der Waals surface area contributed by atoms with Crippen molar-refractivity contribution in [2.45, 2.75) is 59.4 Å². The molecule has 0 radical (unpaired) electrons. The molecule has 0 spiro atoms. The Kier molecular flexibility index (Phi) is 3.24. The number of hydrogen-bond acceptors (Lipinski definition) is 1. The van der Waals surface area contributed by atoms with Crippen molar-refractivity contribution in [3.05, 3.63) is 12.7 Å². The summed E-state index contributed by atoms with van der Waals surface area (Å²) >= 11 is 0. The first-order valence-corrected chi connectivity index (χ1v) is 6.07. The highest BCUT2D eigenvalue weighted by Crippen LogP contribution is 2.52. The van der Waals surface area contributed by atoms with Crippen molar-refractivity contribution >= 4 is 5.91 Å². The number of nitrogens with one attached hydrogen (secondary N) is 1. The molecule has 1 fully saturated rings. The van der Waals surface area contributed by atoms with Crippen LogP contribution in [0.3, 0.4) is 0 Å². The molecule has 1 aliphatic carbocycles. The predicted octanol–water partition coefficient (Wildman–Crippen LogP) is 3.28. The van der Waals surface area contributed by atoms with Crippen LogP contribution in [0.15, 0.2) is 12.7 Å². The van der Waals surface area contributed by atoms with E-state index in [0.717, 1.165) is 19.3 Å². The van der Waals surface area contributed by atoms with Crippen LogP contribution in [0, 0.1) is 10.8 Å². The quantitative estimate of drug-likeness (QED) is 0.715. The van der Waals surface area contributed by atoms with Crippen LogP contribution in [-0.2, 0) is 4.79 Å². The molecule has 0 heterocycles. The maximum Gasteiger partial charge on any atom is 0.217 e. The van der Waals surface area contributed by atoms with Crippen molar-refractivity contribution in [1.29, 1.82) is 0 Å². The number of rotatable bonds is 2. The van der Waals surface area contributed by atoms with E-state index in [1.165, 1.54) is 0 Å². The fourth-order valence-electron chi connectivity index (χ4n) is 2.81. The van der Waals surface area contributed by atoms with Gasteiger partial charge in [-0.25, -0.2) is 0 Å². The molecule has 1 rings (SSSR count).